The Kier molecular flexibility index (Phi) is 7.37. The van der Waals surface area contributed by atoms with E-state index < -0.39 is 23.4 Å². The molecule has 10 nitrogen and oxygen atoms in total. The molecule has 1 fully saturated rings. The van der Waals surface area contributed by atoms with E-state index in [-0.39, 0.29) is 34.6 Å². The highest BCUT2D eigenvalue weighted by atomic mass is 16.6. The molecular weight excluding hydrogens is 418 g/mol. The Morgan fingerprint density at radius 1 is 1.09 bits per heavy atom. The number of rotatable bonds is 8. The molecule has 0 aromatic heterocycles. The van der Waals surface area contributed by atoms with Crippen LogP contribution >= 0.6 is 0 Å². The van der Waals surface area contributed by atoms with E-state index in [1.807, 2.05) is 0 Å². The smallest absolute Gasteiger partial charge is 0.342 e. The zero-order chi connectivity index (χ0) is 23.1. The number of carbonyl (C=O) groups excluding carboxylic acids is 3. The van der Waals surface area contributed by atoms with Gasteiger partial charge in [0.25, 0.3) is 17.5 Å². The van der Waals surface area contributed by atoms with E-state index in [4.69, 9.17) is 9.47 Å². The van der Waals surface area contributed by atoms with Gasteiger partial charge in [-0.15, -0.1) is 0 Å². The van der Waals surface area contributed by atoms with Crippen molar-refractivity contribution in [1.82, 2.24) is 5.32 Å². The Hall–Kier alpha value is -3.95. The molecule has 2 amide bonds. The summed E-state index contributed by atoms with van der Waals surface area (Å²) in [5.74, 6) is -1.82. The first-order valence-corrected chi connectivity index (χ1v) is 10.1. The van der Waals surface area contributed by atoms with Gasteiger partial charge < -0.3 is 20.1 Å². The third-order valence-corrected chi connectivity index (χ3v) is 5.08. The molecule has 2 aromatic rings. The predicted molar refractivity (Wildman–Crippen MR) is 115 cm³/mol. The van der Waals surface area contributed by atoms with Crippen LogP contribution in [-0.4, -0.2) is 42.5 Å². The molecule has 168 valence electrons. The van der Waals surface area contributed by atoms with Crippen LogP contribution in [0.3, 0.4) is 0 Å². The number of hydrogen-bond acceptors (Lipinski definition) is 7. The second kappa shape index (κ2) is 10.4. The molecule has 1 saturated carbocycles. The normalized spacial score (nSPS) is 13.3. The molecule has 0 spiro atoms. The van der Waals surface area contributed by atoms with Crippen LogP contribution in [0.25, 0.3) is 0 Å². The van der Waals surface area contributed by atoms with Crippen LogP contribution in [0.1, 0.15) is 46.4 Å². The molecule has 0 atom stereocenters. The van der Waals surface area contributed by atoms with Gasteiger partial charge in [0.2, 0.25) is 0 Å². The average Bonchev–Trinajstić information content (AvgIpc) is 3.30. The summed E-state index contributed by atoms with van der Waals surface area (Å²) < 4.78 is 10.0. The van der Waals surface area contributed by atoms with Crippen LogP contribution in [-0.2, 0) is 9.53 Å². The number of anilines is 1. The number of nitrogens with zero attached hydrogens (tertiary/aromatic N) is 1. The summed E-state index contributed by atoms with van der Waals surface area (Å²) in [6, 6.07) is 10.1. The van der Waals surface area contributed by atoms with Crippen LogP contribution in [0.4, 0.5) is 11.4 Å². The first-order chi connectivity index (χ1) is 15.4. The summed E-state index contributed by atoms with van der Waals surface area (Å²) in [6.07, 6.45) is 4.00. The van der Waals surface area contributed by atoms with E-state index in [0.717, 1.165) is 31.7 Å². The molecule has 10 heteroatoms. The van der Waals surface area contributed by atoms with Crippen molar-refractivity contribution in [3.05, 3.63) is 63.7 Å². The van der Waals surface area contributed by atoms with Gasteiger partial charge in [0, 0.05) is 18.2 Å². The molecule has 1 aliphatic carbocycles. The Morgan fingerprint density at radius 2 is 1.81 bits per heavy atom. The Labute approximate surface area is 184 Å². The topological polar surface area (TPSA) is 137 Å². The summed E-state index contributed by atoms with van der Waals surface area (Å²) >= 11 is 0. The van der Waals surface area contributed by atoms with E-state index in [1.54, 1.807) is 24.3 Å². The monoisotopic (exact) mass is 441 g/mol. The number of methoxy groups -OCH3 is 1. The van der Waals surface area contributed by atoms with Crippen LogP contribution in [0, 0.1) is 10.1 Å². The molecule has 2 aromatic carbocycles. The van der Waals surface area contributed by atoms with Gasteiger partial charge in [-0.05, 0) is 31.0 Å². The fourth-order valence-electron chi connectivity index (χ4n) is 3.49. The van der Waals surface area contributed by atoms with Gasteiger partial charge in [-0.25, -0.2) is 4.79 Å². The molecule has 0 aliphatic heterocycles. The maximum Gasteiger partial charge on any atom is 0.342 e. The maximum absolute atomic E-state index is 12.6. The van der Waals surface area contributed by atoms with Gasteiger partial charge in [-0.3, -0.25) is 19.7 Å². The van der Waals surface area contributed by atoms with E-state index in [0.29, 0.717) is 5.56 Å². The number of non-ortho nitro benzene ring substituents is 1. The quantitative estimate of drug-likeness (QED) is 0.365. The van der Waals surface area contributed by atoms with Crippen molar-refractivity contribution in [2.24, 2.45) is 0 Å². The SMILES string of the molecule is COc1ccc([N+](=O)[O-])cc1C(=O)OCC(=O)Nc1ccccc1C(=O)NC1CCCC1. The Morgan fingerprint density at radius 3 is 2.50 bits per heavy atom. The fourth-order valence-corrected chi connectivity index (χ4v) is 3.49. The number of para-hydroxylation sites is 1. The highest BCUT2D eigenvalue weighted by molar-refractivity contribution is 6.04. The number of nitro benzene ring substituents is 1. The van der Waals surface area contributed by atoms with E-state index >= 15 is 0 Å². The molecular formula is C22H23N3O7. The second-order valence-corrected chi connectivity index (χ2v) is 7.27. The summed E-state index contributed by atoms with van der Waals surface area (Å²) in [5, 5.41) is 16.5. The lowest BCUT2D eigenvalue weighted by Gasteiger charge is -2.15. The van der Waals surface area contributed by atoms with Gasteiger partial charge in [0.1, 0.15) is 11.3 Å². The summed E-state index contributed by atoms with van der Waals surface area (Å²) in [4.78, 5) is 47.6. The first kappa shape index (κ1) is 22.7. The molecule has 0 unspecified atom stereocenters. The third-order valence-electron chi connectivity index (χ3n) is 5.08. The highest BCUT2D eigenvalue weighted by Gasteiger charge is 2.22. The van der Waals surface area contributed by atoms with Crippen molar-refractivity contribution in [2.75, 3.05) is 19.0 Å². The molecule has 0 heterocycles. The number of hydrogen-bond donors (Lipinski definition) is 2. The number of nitro groups is 1. The second-order valence-electron chi connectivity index (χ2n) is 7.27. The van der Waals surface area contributed by atoms with E-state index in [9.17, 15) is 24.5 Å². The minimum absolute atomic E-state index is 0.0786. The van der Waals surface area contributed by atoms with Crippen molar-refractivity contribution in [3.63, 3.8) is 0 Å². The Balaban J connectivity index is 1.63. The number of ether oxygens (including phenoxy) is 2. The molecule has 2 N–H and O–H groups in total. The van der Waals surface area contributed by atoms with Crippen molar-refractivity contribution in [2.45, 2.75) is 31.7 Å². The zero-order valence-corrected chi connectivity index (χ0v) is 17.5. The molecule has 0 bridgehead atoms. The number of carbonyl (C=O) groups is 3. The molecule has 0 saturated heterocycles. The minimum atomic E-state index is -0.951. The average molecular weight is 441 g/mol. The van der Waals surface area contributed by atoms with Gasteiger partial charge in [-0.1, -0.05) is 25.0 Å². The predicted octanol–water partition coefficient (Wildman–Crippen LogP) is 3.07. The highest BCUT2D eigenvalue weighted by Crippen LogP contribution is 2.25. The van der Waals surface area contributed by atoms with Crippen molar-refractivity contribution < 1.29 is 28.8 Å². The molecule has 0 radical (unpaired) electrons. The maximum atomic E-state index is 12.6. The number of amides is 2. The molecule has 32 heavy (non-hydrogen) atoms. The number of benzene rings is 2. The zero-order valence-electron chi connectivity index (χ0n) is 17.5. The van der Waals surface area contributed by atoms with Crippen molar-refractivity contribution in [3.8, 4) is 5.75 Å². The van der Waals surface area contributed by atoms with Gasteiger partial charge in [0.15, 0.2) is 6.61 Å². The van der Waals surface area contributed by atoms with Crippen molar-refractivity contribution >= 4 is 29.2 Å². The fraction of sp³-hybridized carbons (Fsp3) is 0.318. The van der Waals surface area contributed by atoms with E-state index in [1.165, 1.54) is 19.2 Å². The number of nitrogens with one attached hydrogen (secondary N) is 2. The van der Waals surface area contributed by atoms with Gasteiger partial charge in [-0.2, -0.15) is 0 Å². The van der Waals surface area contributed by atoms with Crippen LogP contribution in [0.15, 0.2) is 42.5 Å². The lowest BCUT2D eigenvalue weighted by atomic mass is 10.1. The summed E-state index contributed by atoms with van der Waals surface area (Å²) in [6.45, 7) is -0.650. The van der Waals surface area contributed by atoms with Crippen LogP contribution in [0.5, 0.6) is 5.75 Å². The Bertz CT molecular complexity index is 1030. The first-order valence-electron chi connectivity index (χ1n) is 10.1. The summed E-state index contributed by atoms with van der Waals surface area (Å²) in [5.41, 5.74) is 0.103. The van der Waals surface area contributed by atoms with Crippen molar-refractivity contribution in [1.29, 1.82) is 0 Å². The van der Waals surface area contributed by atoms with Crippen LogP contribution < -0.4 is 15.4 Å². The standard InChI is InChI=1S/C22H23N3O7/c1-31-19-11-10-15(25(29)30)12-17(19)22(28)32-13-20(26)24-18-9-5-4-8-16(18)21(27)23-14-6-2-3-7-14/h4-5,8-12,14H,2-3,6-7,13H2,1H3,(H,23,27)(H,24,26). The molecule has 3 rings (SSSR count). The minimum Gasteiger partial charge on any atom is -0.496 e. The molecule has 1 aliphatic rings. The lowest BCUT2D eigenvalue weighted by molar-refractivity contribution is -0.384. The lowest BCUT2D eigenvalue weighted by Crippen LogP contribution is -2.33. The number of esters is 1. The van der Waals surface area contributed by atoms with Gasteiger partial charge >= 0.3 is 5.97 Å². The van der Waals surface area contributed by atoms with E-state index in [2.05, 4.69) is 10.6 Å². The third kappa shape index (κ3) is 5.60. The largest absolute Gasteiger partial charge is 0.496 e. The van der Waals surface area contributed by atoms with Gasteiger partial charge in [0.05, 0.1) is 23.3 Å². The van der Waals surface area contributed by atoms with Crippen LogP contribution in [0.2, 0.25) is 0 Å². The summed E-state index contributed by atoms with van der Waals surface area (Å²) in [7, 11) is 1.30.